The van der Waals surface area contributed by atoms with Crippen LogP contribution in [0, 0.1) is 5.82 Å². The number of hydrogen-bond donors (Lipinski definition) is 1. The molecule has 0 unspecified atom stereocenters. The summed E-state index contributed by atoms with van der Waals surface area (Å²) in [6.07, 6.45) is -3.82. The Labute approximate surface area is 105 Å². The van der Waals surface area contributed by atoms with E-state index in [1.165, 1.54) is 12.1 Å². The van der Waals surface area contributed by atoms with E-state index in [4.69, 9.17) is 10.5 Å². The number of benzene rings is 1. The smallest absolute Gasteiger partial charge is 0.417 e. The van der Waals surface area contributed by atoms with Crippen molar-refractivity contribution in [2.45, 2.75) is 6.18 Å². The van der Waals surface area contributed by atoms with Crippen LogP contribution in [0.5, 0.6) is 11.6 Å². The number of nitrogen functional groups attached to an aromatic ring is 1. The molecule has 0 aliphatic heterocycles. The van der Waals surface area contributed by atoms with Gasteiger partial charge in [-0.05, 0) is 18.2 Å². The predicted octanol–water partition coefficient (Wildman–Crippen LogP) is 3.61. The average molecular weight is 272 g/mol. The summed E-state index contributed by atoms with van der Waals surface area (Å²) in [5.74, 6) is -0.652. The molecule has 2 N–H and O–H groups in total. The van der Waals surface area contributed by atoms with Crippen LogP contribution in [0.25, 0.3) is 0 Å². The van der Waals surface area contributed by atoms with Crippen LogP contribution in [-0.4, -0.2) is 4.98 Å². The highest BCUT2D eigenvalue weighted by atomic mass is 19.4. The average Bonchev–Trinajstić information content (AvgIpc) is 2.33. The van der Waals surface area contributed by atoms with Gasteiger partial charge in [-0.3, -0.25) is 0 Å². The van der Waals surface area contributed by atoms with E-state index in [-0.39, 0.29) is 17.3 Å². The summed E-state index contributed by atoms with van der Waals surface area (Å²) in [7, 11) is 0. The predicted molar refractivity (Wildman–Crippen MR) is 60.1 cm³/mol. The zero-order valence-electron chi connectivity index (χ0n) is 9.41. The van der Waals surface area contributed by atoms with Crippen molar-refractivity contribution in [2.24, 2.45) is 0 Å². The van der Waals surface area contributed by atoms with Gasteiger partial charge < -0.3 is 10.5 Å². The highest BCUT2D eigenvalue weighted by Gasteiger charge is 2.30. The minimum atomic E-state index is -4.46. The zero-order valence-corrected chi connectivity index (χ0v) is 9.41. The van der Waals surface area contributed by atoms with Gasteiger partial charge >= 0.3 is 6.18 Å². The molecule has 0 spiro atoms. The van der Waals surface area contributed by atoms with Gasteiger partial charge in [-0.2, -0.15) is 13.2 Å². The summed E-state index contributed by atoms with van der Waals surface area (Å²) in [6.45, 7) is 0. The summed E-state index contributed by atoms with van der Waals surface area (Å²) >= 11 is 0. The topological polar surface area (TPSA) is 48.1 Å². The molecule has 19 heavy (non-hydrogen) atoms. The number of ether oxygens (including phenoxy) is 1. The molecule has 0 atom stereocenters. The lowest BCUT2D eigenvalue weighted by Gasteiger charge is -2.08. The fourth-order valence-electron chi connectivity index (χ4n) is 1.30. The molecule has 2 rings (SSSR count). The van der Waals surface area contributed by atoms with E-state index in [9.17, 15) is 17.6 Å². The molecule has 3 nitrogen and oxygen atoms in total. The summed E-state index contributed by atoms with van der Waals surface area (Å²) in [5.41, 5.74) is 4.34. The van der Waals surface area contributed by atoms with E-state index >= 15 is 0 Å². The van der Waals surface area contributed by atoms with Crippen molar-refractivity contribution in [3.8, 4) is 11.6 Å². The molecular weight excluding hydrogens is 264 g/mol. The molecule has 0 amide bonds. The summed E-state index contributed by atoms with van der Waals surface area (Å²) < 4.78 is 55.1. The largest absolute Gasteiger partial charge is 0.439 e. The van der Waals surface area contributed by atoms with E-state index in [0.29, 0.717) is 6.20 Å². The van der Waals surface area contributed by atoms with Gasteiger partial charge in [0.05, 0.1) is 11.3 Å². The second-order valence-corrected chi connectivity index (χ2v) is 3.67. The fourth-order valence-corrected chi connectivity index (χ4v) is 1.30. The van der Waals surface area contributed by atoms with Gasteiger partial charge in [-0.15, -0.1) is 0 Å². The lowest BCUT2D eigenvalue weighted by atomic mass is 10.3. The maximum absolute atomic E-state index is 13.1. The number of rotatable bonds is 2. The van der Waals surface area contributed by atoms with Gasteiger partial charge in [-0.1, -0.05) is 0 Å². The van der Waals surface area contributed by atoms with Gasteiger partial charge in [0.2, 0.25) is 5.88 Å². The van der Waals surface area contributed by atoms with E-state index in [1.54, 1.807) is 0 Å². The molecule has 1 aromatic heterocycles. The molecule has 0 bridgehead atoms. The summed E-state index contributed by atoms with van der Waals surface area (Å²) in [4.78, 5) is 3.50. The minimum Gasteiger partial charge on any atom is -0.439 e. The van der Waals surface area contributed by atoms with Crippen LogP contribution in [-0.2, 0) is 6.18 Å². The Balaban J connectivity index is 2.17. The van der Waals surface area contributed by atoms with Crippen molar-refractivity contribution in [3.05, 3.63) is 47.9 Å². The monoisotopic (exact) mass is 272 g/mol. The molecule has 0 aliphatic carbocycles. The molecule has 0 fully saturated rings. The number of anilines is 1. The van der Waals surface area contributed by atoms with Gasteiger partial charge in [0, 0.05) is 18.3 Å². The van der Waals surface area contributed by atoms with Crippen molar-refractivity contribution in [2.75, 3.05) is 5.73 Å². The Hall–Kier alpha value is -2.31. The molecule has 0 saturated heterocycles. The Morgan fingerprint density at radius 1 is 1.11 bits per heavy atom. The molecule has 2 aromatic rings. The number of halogens is 4. The molecule has 0 aliphatic rings. The van der Waals surface area contributed by atoms with E-state index in [0.717, 1.165) is 18.2 Å². The van der Waals surface area contributed by atoms with Crippen LogP contribution in [0.2, 0.25) is 0 Å². The van der Waals surface area contributed by atoms with Crippen molar-refractivity contribution >= 4 is 5.69 Å². The third-order valence-corrected chi connectivity index (χ3v) is 2.26. The Kier molecular flexibility index (Phi) is 3.28. The highest BCUT2D eigenvalue weighted by molar-refractivity contribution is 5.44. The number of pyridine rings is 1. The first-order valence-electron chi connectivity index (χ1n) is 5.12. The number of alkyl halides is 3. The molecule has 0 saturated carbocycles. The molecule has 7 heteroatoms. The van der Waals surface area contributed by atoms with Crippen LogP contribution in [0.4, 0.5) is 23.2 Å². The molecule has 1 aromatic carbocycles. The first-order valence-corrected chi connectivity index (χ1v) is 5.12. The van der Waals surface area contributed by atoms with Crippen LogP contribution in [0.15, 0.2) is 36.5 Å². The summed E-state index contributed by atoms with van der Waals surface area (Å²) in [5, 5.41) is 0. The van der Waals surface area contributed by atoms with Crippen LogP contribution in [0.1, 0.15) is 5.56 Å². The first kappa shape index (κ1) is 13.1. The van der Waals surface area contributed by atoms with E-state index in [1.807, 2.05) is 0 Å². The third kappa shape index (κ3) is 3.12. The minimum absolute atomic E-state index is 0.0484. The van der Waals surface area contributed by atoms with E-state index < -0.39 is 17.6 Å². The van der Waals surface area contributed by atoms with Crippen molar-refractivity contribution < 1.29 is 22.3 Å². The highest BCUT2D eigenvalue weighted by Crippen LogP contribution is 2.30. The number of hydrogen-bond acceptors (Lipinski definition) is 3. The third-order valence-electron chi connectivity index (χ3n) is 2.26. The van der Waals surface area contributed by atoms with Crippen LogP contribution in [0.3, 0.4) is 0 Å². The van der Waals surface area contributed by atoms with Crippen molar-refractivity contribution in [1.82, 2.24) is 4.98 Å². The quantitative estimate of drug-likeness (QED) is 0.671. The van der Waals surface area contributed by atoms with Gasteiger partial charge in [0.15, 0.2) is 0 Å². The van der Waals surface area contributed by atoms with Gasteiger partial charge in [0.1, 0.15) is 11.6 Å². The number of aromatic nitrogens is 1. The first-order chi connectivity index (χ1) is 8.86. The SMILES string of the molecule is Nc1ccc(Oc2ccc(C(F)(F)F)cn2)cc1F. The Morgan fingerprint density at radius 3 is 2.37 bits per heavy atom. The molecule has 1 heterocycles. The van der Waals surface area contributed by atoms with Gasteiger partial charge in [-0.25, -0.2) is 9.37 Å². The lowest BCUT2D eigenvalue weighted by Crippen LogP contribution is -2.05. The van der Waals surface area contributed by atoms with Crippen molar-refractivity contribution in [3.63, 3.8) is 0 Å². The van der Waals surface area contributed by atoms with Crippen molar-refractivity contribution in [1.29, 1.82) is 0 Å². The van der Waals surface area contributed by atoms with Gasteiger partial charge in [0.25, 0.3) is 0 Å². The summed E-state index contributed by atoms with van der Waals surface area (Å²) in [6, 6.07) is 5.58. The zero-order chi connectivity index (χ0) is 14.0. The second-order valence-electron chi connectivity index (χ2n) is 3.67. The standard InChI is InChI=1S/C12H8F4N2O/c13-9-5-8(2-3-10(9)17)19-11-4-1-7(6-18-11)12(14,15)16/h1-6H,17H2. The normalized spacial score (nSPS) is 11.4. The Bertz CT molecular complexity index is 581. The lowest BCUT2D eigenvalue weighted by molar-refractivity contribution is -0.137. The molecule has 100 valence electrons. The second kappa shape index (κ2) is 4.75. The maximum Gasteiger partial charge on any atom is 0.417 e. The molecule has 0 radical (unpaired) electrons. The number of nitrogens with zero attached hydrogens (tertiary/aromatic N) is 1. The van der Waals surface area contributed by atoms with Crippen LogP contribution >= 0.6 is 0 Å². The Morgan fingerprint density at radius 2 is 1.84 bits per heavy atom. The van der Waals surface area contributed by atoms with E-state index in [2.05, 4.69) is 4.98 Å². The molecular formula is C12H8F4N2O. The van der Waals surface area contributed by atoms with Crippen LogP contribution < -0.4 is 10.5 Å². The number of nitrogens with two attached hydrogens (primary N) is 1. The maximum atomic E-state index is 13.1. The fraction of sp³-hybridized carbons (Fsp3) is 0.0833.